The van der Waals surface area contributed by atoms with Crippen LogP contribution in [-0.2, 0) is 9.59 Å². The molecule has 1 fully saturated rings. The lowest BCUT2D eigenvalue weighted by Gasteiger charge is -2.29. The van der Waals surface area contributed by atoms with Crippen LogP contribution < -0.4 is 10.6 Å². The molecule has 84 valence electrons. The zero-order valence-corrected chi connectivity index (χ0v) is 9.14. The van der Waals surface area contributed by atoms with Crippen molar-refractivity contribution < 1.29 is 9.59 Å². The van der Waals surface area contributed by atoms with E-state index in [0.29, 0.717) is 18.5 Å². The lowest BCUT2D eigenvalue weighted by atomic mass is 10.0. The summed E-state index contributed by atoms with van der Waals surface area (Å²) in [5, 5.41) is 0. The number of carbonyl (C=O) groups is 2. The van der Waals surface area contributed by atoms with Gasteiger partial charge in [-0.15, -0.1) is 0 Å². The summed E-state index contributed by atoms with van der Waals surface area (Å²) in [6.45, 7) is 1.87. The number of hydrogen-bond donors (Lipinski definition) is 1. The number of anilines is 1. The number of imide groups is 1. The molecule has 4 nitrogen and oxygen atoms in total. The number of carbonyl (C=O) groups excluding carboxylic acids is 2. The van der Waals surface area contributed by atoms with Crippen molar-refractivity contribution in [2.45, 2.75) is 25.8 Å². The minimum Gasteiger partial charge on any atom is -0.320 e. The van der Waals surface area contributed by atoms with Gasteiger partial charge in [0.05, 0.1) is 11.7 Å². The number of benzene rings is 1. The number of nitrogens with two attached hydrogens (primary N) is 1. The first-order valence-electron chi connectivity index (χ1n) is 5.29. The van der Waals surface area contributed by atoms with Crippen LogP contribution in [0.1, 0.15) is 18.4 Å². The molecular weight excluding hydrogens is 204 g/mol. The number of aryl methyl sites for hydroxylation is 1. The number of hydrogen-bond acceptors (Lipinski definition) is 3. The second-order valence-corrected chi connectivity index (χ2v) is 4.00. The van der Waals surface area contributed by atoms with Gasteiger partial charge in [-0.05, 0) is 25.0 Å². The second-order valence-electron chi connectivity index (χ2n) is 4.00. The van der Waals surface area contributed by atoms with E-state index in [4.69, 9.17) is 5.73 Å². The molecule has 0 aromatic heterocycles. The van der Waals surface area contributed by atoms with Crippen LogP contribution in [0.5, 0.6) is 0 Å². The second kappa shape index (κ2) is 4.06. The van der Waals surface area contributed by atoms with Crippen molar-refractivity contribution in [2.75, 3.05) is 4.90 Å². The van der Waals surface area contributed by atoms with Crippen molar-refractivity contribution in [3.8, 4) is 0 Å². The SMILES string of the molecule is Cc1ccccc1N1C(=O)CCC(N)C1=O. The molecule has 2 rings (SSSR count). The Morgan fingerprint density at radius 1 is 1.31 bits per heavy atom. The zero-order chi connectivity index (χ0) is 11.7. The van der Waals surface area contributed by atoms with Gasteiger partial charge in [0, 0.05) is 6.42 Å². The third-order valence-corrected chi connectivity index (χ3v) is 2.81. The van der Waals surface area contributed by atoms with Crippen LogP contribution in [0.15, 0.2) is 24.3 Å². The molecule has 0 bridgehead atoms. The molecular formula is C12H14N2O2. The predicted octanol–water partition coefficient (Wildman–Crippen LogP) is 0.976. The molecule has 0 radical (unpaired) electrons. The van der Waals surface area contributed by atoms with E-state index >= 15 is 0 Å². The van der Waals surface area contributed by atoms with Crippen molar-refractivity contribution >= 4 is 17.5 Å². The Morgan fingerprint density at radius 3 is 2.69 bits per heavy atom. The molecule has 1 saturated heterocycles. The summed E-state index contributed by atoms with van der Waals surface area (Å²) < 4.78 is 0. The maximum Gasteiger partial charge on any atom is 0.250 e. The fourth-order valence-electron chi connectivity index (χ4n) is 1.87. The van der Waals surface area contributed by atoms with E-state index in [-0.39, 0.29) is 11.8 Å². The fourth-order valence-corrected chi connectivity index (χ4v) is 1.87. The first-order valence-corrected chi connectivity index (χ1v) is 5.29. The minimum absolute atomic E-state index is 0.166. The summed E-state index contributed by atoms with van der Waals surface area (Å²) in [4.78, 5) is 24.8. The third-order valence-electron chi connectivity index (χ3n) is 2.81. The van der Waals surface area contributed by atoms with Gasteiger partial charge in [0.1, 0.15) is 0 Å². The Hall–Kier alpha value is -1.68. The standard InChI is InChI=1S/C12H14N2O2/c1-8-4-2-3-5-10(8)14-11(15)7-6-9(13)12(14)16/h2-5,9H,6-7,13H2,1H3. The molecule has 2 amide bonds. The van der Waals surface area contributed by atoms with Gasteiger partial charge in [-0.3, -0.25) is 9.59 Å². The maximum absolute atomic E-state index is 11.9. The van der Waals surface area contributed by atoms with Gasteiger partial charge < -0.3 is 5.73 Å². The summed E-state index contributed by atoms with van der Waals surface area (Å²) in [6, 6.07) is 6.76. The van der Waals surface area contributed by atoms with E-state index in [1.165, 1.54) is 4.90 Å². The van der Waals surface area contributed by atoms with Crippen molar-refractivity contribution in [2.24, 2.45) is 5.73 Å². The van der Waals surface area contributed by atoms with Crippen LogP contribution >= 0.6 is 0 Å². The van der Waals surface area contributed by atoms with Gasteiger partial charge in [-0.25, -0.2) is 4.90 Å². The minimum atomic E-state index is -0.558. The molecule has 1 aromatic carbocycles. The summed E-state index contributed by atoms with van der Waals surface area (Å²) in [7, 11) is 0. The van der Waals surface area contributed by atoms with Gasteiger partial charge in [0.25, 0.3) is 5.91 Å². The Labute approximate surface area is 94.0 Å². The van der Waals surface area contributed by atoms with E-state index in [0.717, 1.165) is 5.56 Å². The zero-order valence-electron chi connectivity index (χ0n) is 9.14. The molecule has 0 saturated carbocycles. The lowest BCUT2D eigenvalue weighted by molar-refractivity contribution is -0.130. The summed E-state index contributed by atoms with van der Waals surface area (Å²) >= 11 is 0. The molecule has 16 heavy (non-hydrogen) atoms. The van der Waals surface area contributed by atoms with Gasteiger partial charge in [-0.2, -0.15) is 0 Å². The monoisotopic (exact) mass is 218 g/mol. The van der Waals surface area contributed by atoms with Gasteiger partial charge in [0.2, 0.25) is 5.91 Å². The Morgan fingerprint density at radius 2 is 2.00 bits per heavy atom. The molecule has 1 unspecified atom stereocenters. The van der Waals surface area contributed by atoms with Crippen molar-refractivity contribution in [1.29, 1.82) is 0 Å². The van der Waals surface area contributed by atoms with Gasteiger partial charge in [-0.1, -0.05) is 18.2 Å². The van der Waals surface area contributed by atoms with Crippen molar-refractivity contribution in [1.82, 2.24) is 0 Å². The smallest absolute Gasteiger partial charge is 0.250 e. The molecule has 1 aliphatic heterocycles. The fraction of sp³-hybridized carbons (Fsp3) is 0.333. The predicted molar refractivity (Wildman–Crippen MR) is 60.9 cm³/mol. The van der Waals surface area contributed by atoms with Crippen molar-refractivity contribution in [3.05, 3.63) is 29.8 Å². The molecule has 0 aliphatic carbocycles. The van der Waals surface area contributed by atoms with Crippen LogP contribution in [0.25, 0.3) is 0 Å². The van der Waals surface area contributed by atoms with Crippen LogP contribution in [0.4, 0.5) is 5.69 Å². The van der Waals surface area contributed by atoms with E-state index in [9.17, 15) is 9.59 Å². The Kier molecular flexibility index (Phi) is 2.75. The normalized spacial score (nSPS) is 21.4. The summed E-state index contributed by atoms with van der Waals surface area (Å²) in [6.07, 6.45) is 0.779. The molecule has 0 spiro atoms. The van der Waals surface area contributed by atoms with Crippen molar-refractivity contribution in [3.63, 3.8) is 0 Å². The Bertz CT molecular complexity index is 442. The number of nitrogens with zero attached hydrogens (tertiary/aromatic N) is 1. The van der Waals surface area contributed by atoms with Crippen LogP contribution in [0.3, 0.4) is 0 Å². The van der Waals surface area contributed by atoms with E-state index < -0.39 is 6.04 Å². The number of amides is 2. The molecule has 1 atom stereocenters. The van der Waals surface area contributed by atoms with E-state index in [2.05, 4.69) is 0 Å². The number of para-hydroxylation sites is 1. The largest absolute Gasteiger partial charge is 0.320 e. The summed E-state index contributed by atoms with van der Waals surface area (Å²) in [5.41, 5.74) is 7.22. The highest BCUT2D eigenvalue weighted by Crippen LogP contribution is 2.24. The quantitative estimate of drug-likeness (QED) is 0.714. The lowest BCUT2D eigenvalue weighted by Crippen LogP contribution is -2.51. The third kappa shape index (κ3) is 1.72. The molecule has 1 aliphatic rings. The summed E-state index contributed by atoms with van der Waals surface area (Å²) in [5.74, 6) is -0.466. The topological polar surface area (TPSA) is 63.4 Å². The highest BCUT2D eigenvalue weighted by atomic mass is 16.2. The Balaban J connectivity index is 2.42. The van der Waals surface area contributed by atoms with Gasteiger partial charge in [0.15, 0.2) is 0 Å². The maximum atomic E-state index is 11.9. The van der Waals surface area contributed by atoms with E-state index in [1.54, 1.807) is 6.07 Å². The highest BCUT2D eigenvalue weighted by Gasteiger charge is 2.33. The van der Waals surface area contributed by atoms with Crippen LogP contribution in [0.2, 0.25) is 0 Å². The number of rotatable bonds is 1. The molecule has 1 heterocycles. The van der Waals surface area contributed by atoms with Crippen LogP contribution in [-0.4, -0.2) is 17.9 Å². The average Bonchev–Trinajstić information content (AvgIpc) is 2.27. The first kappa shape index (κ1) is 10.8. The molecule has 4 heteroatoms. The molecule has 1 aromatic rings. The molecule has 2 N–H and O–H groups in total. The average molecular weight is 218 g/mol. The first-order chi connectivity index (χ1) is 7.61. The number of piperidine rings is 1. The van der Waals surface area contributed by atoms with Crippen LogP contribution in [0, 0.1) is 6.92 Å². The van der Waals surface area contributed by atoms with Gasteiger partial charge >= 0.3 is 0 Å². The van der Waals surface area contributed by atoms with E-state index in [1.807, 2.05) is 25.1 Å². The highest BCUT2D eigenvalue weighted by molar-refractivity contribution is 6.18.